The zero-order valence-electron chi connectivity index (χ0n) is 7.62. The van der Waals surface area contributed by atoms with Crippen molar-refractivity contribution >= 4 is 11.4 Å². The van der Waals surface area contributed by atoms with E-state index in [1.807, 2.05) is 12.1 Å². The van der Waals surface area contributed by atoms with Gasteiger partial charge in [0.1, 0.15) is 0 Å². The molecule has 65 valence electrons. The van der Waals surface area contributed by atoms with E-state index < -0.39 is 0 Å². The number of hydrogen-bond acceptors (Lipinski definition) is 1. The smallest absolute Gasteiger partial charge is 0.0950 e. The van der Waals surface area contributed by atoms with Crippen molar-refractivity contribution in [2.45, 2.75) is 19.8 Å². The minimum atomic E-state index is 0.700. The Balaban J connectivity index is 2.14. The molecule has 1 aromatic rings. The van der Waals surface area contributed by atoms with Crippen LogP contribution in [0.5, 0.6) is 0 Å². The normalized spacial score (nSPS) is 19.3. The van der Waals surface area contributed by atoms with Gasteiger partial charge in [-0.1, -0.05) is 12.1 Å². The van der Waals surface area contributed by atoms with Gasteiger partial charge in [0.05, 0.1) is 11.4 Å². The van der Waals surface area contributed by atoms with Crippen LogP contribution in [-0.4, -0.2) is 5.71 Å². The van der Waals surface area contributed by atoms with Crippen molar-refractivity contribution in [3.63, 3.8) is 0 Å². The molecule has 1 aliphatic heterocycles. The third kappa shape index (κ3) is 0.981. The van der Waals surface area contributed by atoms with Gasteiger partial charge in [0.25, 0.3) is 0 Å². The van der Waals surface area contributed by atoms with E-state index in [1.54, 1.807) is 0 Å². The van der Waals surface area contributed by atoms with Gasteiger partial charge in [-0.3, -0.25) is 0 Å². The highest BCUT2D eigenvalue weighted by molar-refractivity contribution is 6.10. The average Bonchev–Trinajstić information content (AvgIpc) is 2.87. The molecule has 0 N–H and O–H groups in total. The van der Waals surface area contributed by atoms with Crippen LogP contribution in [0.25, 0.3) is 0 Å². The Kier molecular flexibility index (Phi) is 1.29. The highest BCUT2D eigenvalue weighted by Crippen LogP contribution is 2.39. The van der Waals surface area contributed by atoms with E-state index >= 15 is 0 Å². The minimum absolute atomic E-state index is 0.700. The van der Waals surface area contributed by atoms with Gasteiger partial charge in [-0.15, -0.1) is 0 Å². The van der Waals surface area contributed by atoms with Gasteiger partial charge in [0.2, 0.25) is 0 Å². The van der Waals surface area contributed by atoms with Crippen LogP contribution >= 0.6 is 0 Å². The third-order valence-corrected chi connectivity index (χ3v) is 2.74. The second-order valence-electron chi connectivity index (χ2n) is 3.83. The number of fused-ring (bicyclic) bond motifs is 1. The Bertz CT molecular complexity index is 389. The molecule has 1 aromatic carbocycles. The highest BCUT2D eigenvalue weighted by atomic mass is 15.3. The summed E-state index contributed by atoms with van der Waals surface area (Å²) in [6.07, 6.45) is 2.59. The Morgan fingerprint density at radius 2 is 2.15 bits per heavy atom. The molecule has 0 atom stereocenters. The molecule has 1 fully saturated rings. The van der Waals surface area contributed by atoms with Crippen LogP contribution in [0.4, 0.5) is 5.69 Å². The third-order valence-electron chi connectivity index (χ3n) is 2.74. The van der Waals surface area contributed by atoms with Crippen LogP contribution in [0.2, 0.25) is 0 Å². The summed E-state index contributed by atoms with van der Waals surface area (Å²) >= 11 is 0. The summed E-state index contributed by atoms with van der Waals surface area (Å²) < 4.78 is 0. The summed E-state index contributed by atoms with van der Waals surface area (Å²) in [5.74, 6) is 0.700. The van der Waals surface area contributed by atoms with Crippen molar-refractivity contribution in [1.29, 1.82) is 0 Å². The summed E-state index contributed by atoms with van der Waals surface area (Å²) in [6.45, 7) is 2.14. The second kappa shape index (κ2) is 2.34. The molecule has 0 saturated heterocycles. The Morgan fingerprint density at radius 1 is 1.31 bits per heavy atom. The molecular formula is C11H11N2. The molecule has 0 amide bonds. The van der Waals surface area contributed by atoms with Crippen LogP contribution in [-0.2, 0) is 0 Å². The zero-order chi connectivity index (χ0) is 8.84. The maximum atomic E-state index is 4.27. The predicted molar refractivity (Wildman–Crippen MR) is 52.2 cm³/mol. The van der Waals surface area contributed by atoms with Gasteiger partial charge in [0.15, 0.2) is 0 Å². The van der Waals surface area contributed by atoms with Crippen molar-refractivity contribution in [2.24, 2.45) is 11.0 Å². The lowest BCUT2D eigenvalue weighted by molar-refractivity contribution is 0.974. The van der Waals surface area contributed by atoms with Crippen LogP contribution < -0.4 is 5.43 Å². The molecule has 2 aliphatic rings. The number of rotatable bonds is 1. The van der Waals surface area contributed by atoms with Crippen LogP contribution in [0.3, 0.4) is 0 Å². The van der Waals surface area contributed by atoms with Gasteiger partial charge in [-0.2, -0.15) is 10.5 Å². The lowest BCUT2D eigenvalue weighted by Gasteiger charge is -2.02. The van der Waals surface area contributed by atoms with Gasteiger partial charge < -0.3 is 0 Å². The van der Waals surface area contributed by atoms with Gasteiger partial charge in [0, 0.05) is 11.5 Å². The number of benzene rings is 1. The van der Waals surface area contributed by atoms with E-state index in [4.69, 9.17) is 0 Å². The molecule has 2 heteroatoms. The highest BCUT2D eigenvalue weighted by Gasteiger charge is 2.33. The maximum absolute atomic E-state index is 4.27. The SMILES string of the molecule is Cc1cccc2c1C(C1CC1)=N[N]2. The lowest BCUT2D eigenvalue weighted by Crippen LogP contribution is -2.01. The fraction of sp³-hybridized carbons (Fsp3) is 0.364. The first-order chi connectivity index (χ1) is 6.36. The fourth-order valence-corrected chi connectivity index (χ4v) is 1.87. The maximum Gasteiger partial charge on any atom is 0.0950 e. The molecule has 2 nitrogen and oxygen atoms in total. The van der Waals surface area contributed by atoms with Gasteiger partial charge in [-0.25, -0.2) is 0 Å². The van der Waals surface area contributed by atoms with E-state index in [1.165, 1.54) is 29.7 Å². The predicted octanol–water partition coefficient (Wildman–Crippen LogP) is 2.36. The van der Waals surface area contributed by atoms with Crippen molar-refractivity contribution < 1.29 is 0 Å². The molecule has 0 unspecified atom stereocenters. The molecule has 1 radical (unpaired) electrons. The van der Waals surface area contributed by atoms with Crippen molar-refractivity contribution in [2.75, 3.05) is 0 Å². The van der Waals surface area contributed by atoms with Crippen molar-refractivity contribution in [3.8, 4) is 0 Å². The van der Waals surface area contributed by atoms with Crippen LogP contribution in [0.15, 0.2) is 23.3 Å². The van der Waals surface area contributed by atoms with Gasteiger partial charge in [-0.05, 0) is 31.4 Å². The summed E-state index contributed by atoms with van der Waals surface area (Å²) in [5.41, 5.74) is 9.08. The molecule has 1 aliphatic carbocycles. The standard InChI is InChI=1S/C11H11N2/c1-7-3-2-4-9-10(7)11(13-12-9)8-5-6-8/h2-4,8H,5-6H2,1H3. The first kappa shape index (κ1) is 7.13. The second-order valence-corrected chi connectivity index (χ2v) is 3.83. The van der Waals surface area contributed by atoms with E-state index in [2.05, 4.69) is 23.5 Å². The molecule has 0 bridgehead atoms. The summed E-state index contributed by atoms with van der Waals surface area (Å²) in [5, 5.41) is 4.27. The topological polar surface area (TPSA) is 26.5 Å². The average molecular weight is 171 g/mol. The van der Waals surface area contributed by atoms with E-state index in [0.29, 0.717) is 5.92 Å². The van der Waals surface area contributed by atoms with Crippen LogP contribution in [0, 0.1) is 12.8 Å². The Labute approximate surface area is 77.7 Å². The monoisotopic (exact) mass is 171 g/mol. The Morgan fingerprint density at radius 3 is 2.92 bits per heavy atom. The van der Waals surface area contributed by atoms with Crippen molar-refractivity contribution in [3.05, 3.63) is 29.3 Å². The minimum Gasteiger partial charge on any atom is -0.154 e. The molecule has 1 heterocycles. The van der Waals surface area contributed by atoms with Crippen molar-refractivity contribution in [1.82, 2.24) is 5.43 Å². The molecular weight excluding hydrogens is 160 g/mol. The van der Waals surface area contributed by atoms with E-state index in [-0.39, 0.29) is 0 Å². The Hall–Kier alpha value is -1.31. The number of aryl methyl sites for hydroxylation is 1. The largest absolute Gasteiger partial charge is 0.154 e. The zero-order valence-corrected chi connectivity index (χ0v) is 7.62. The number of hydrogen-bond donors (Lipinski definition) is 0. The van der Waals surface area contributed by atoms with Gasteiger partial charge >= 0.3 is 0 Å². The molecule has 1 saturated carbocycles. The number of nitrogens with zero attached hydrogens (tertiary/aromatic N) is 2. The quantitative estimate of drug-likeness (QED) is 0.620. The van der Waals surface area contributed by atoms with Crippen LogP contribution in [0.1, 0.15) is 24.0 Å². The molecule has 0 aromatic heterocycles. The lowest BCUT2D eigenvalue weighted by atomic mass is 10.0. The first-order valence-electron chi connectivity index (χ1n) is 4.75. The van der Waals surface area contributed by atoms with E-state index in [9.17, 15) is 0 Å². The molecule has 13 heavy (non-hydrogen) atoms. The summed E-state index contributed by atoms with van der Waals surface area (Å²) in [7, 11) is 0. The summed E-state index contributed by atoms with van der Waals surface area (Å²) in [4.78, 5) is 0. The fourth-order valence-electron chi connectivity index (χ4n) is 1.87. The molecule has 0 spiro atoms. The first-order valence-corrected chi connectivity index (χ1v) is 4.75. The summed E-state index contributed by atoms with van der Waals surface area (Å²) in [6, 6.07) is 6.22. The molecule has 3 rings (SSSR count). The van der Waals surface area contributed by atoms with E-state index in [0.717, 1.165) is 5.69 Å².